The Labute approximate surface area is 200 Å². The molecule has 1 saturated heterocycles. The minimum absolute atomic E-state index is 0.0881. The second-order valence-corrected chi connectivity index (χ2v) is 9.94. The Hall–Kier alpha value is -1.85. The van der Waals surface area contributed by atoms with E-state index < -0.39 is 42.0 Å². The Kier molecular flexibility index (Phi) is 13.4. The predicted molar refractivity (Wildman–Crippen MR) is 130 cm³/mol. The van der Waals surface area contributed by atoms with Crippen molar-refractivity contribution in [3.63, 3.8) is 0 Å². The summed E-state index contributed by atoms with van der Waals surface area (Å²) in [6, 6.07) is -3.29. The van der Waals surface area contributed by atoms with Crippen molar-refractivity contribution in [1.82, 2.24) is 15.5 Å². The van der Waals surface area contributed by atoms with Gasteiger partial charge in [0.1, 0.15) is 18.1 Å². The van der Waals surface area contributed by atoms with Gasteiger partial charge in [0.2, 0.25) is 17.7 Å². The number of carboxylic acids is 1. The minimum Gasteiger partial charge on any atom is -0.480 e. The van der Waals surface area contributed by atoms with Crippen LogP contribution in [0.4, 0.5) is 0 Å². The third-order valence-corrected chi connectivity index (χ3v) is 6.34. The van der Waals surface area contributed by atoms with Gasteiger partial charge in [-0.2, -0.15) is 11.8 Å². The molecule has 4 atom stereocenters. The molecule has 11 heteroatoms. The average Bonchev–Trinajstić information content (AvgIpc) is 3.25. The molecule has 190 valence electrons. The zero-order valence-electron chi connectivity index (χ0n) is 20.0. The largest absolute Gasteiger partial charge is 0.480 e. The lowest BCUT2D eigenvalue weighted by molar-refractivity contribution is -0.145. The predicted octanol–water partition coefficient (Wildman–Crippen LogP) is 0.287. The quantitative estimate of drug-likeness (QED) is 0.205. The summed E-state index contributed by atoms with van der Waals surface area (Å²) in [7, 11) is 0. The van der Waals surface area contributed by atoms with Crippen molar-refractivity contribution in [2.45, 2.75) is 83.0 Å². The van der Waals surface area contributed by atoms with Crippen LogP contribution in [-0.4, -0.2) is 83.0 Å². The molecule has 33 heavy (non-hydrogen) atoms. The molecule has 3 amide bonds. The number of unbranched alkanes of at least 4 members (excludes halogenated alkanes) is 1. The first kappa shape index (κ1) is 29.2. The lowest BCUT2D eigenvalue weighted by atomic mass is 10.0. The summed E-state index contributed by atoms with van der Waals surface area (Å²) in [6.45, 7) is 4.61. The first-order chi connectivity index (χ1) is 15.6. The zero-order chi connectivity index (χ0) is 25.0. The fourth-order valence-electron chi connectivity index (χ4n) is 3.87. The van der Waals surface area contributed by atoms with Gasteiger partial charge < -0.3 is 32.1 Å². The van der Waals surface area contributed by atoms with Crippen molar-refractivity contribution in [3.05, 3.63) is 0 Å². The summed E-state index contributed by atoms with van der Waals surface area (Å²) in [5, 5.41) is 14.8. The second-order valence-electron chi connectivity index (χ2n) is 8.95. The minimum atomic E-state index is -1.10. The van der Waals surface area contributed by atoms with E-state index in [1.165, 1.54) is 4.90 Å². The monoisotopic (exact) mass is 487 g/mol. The number of carboxylic acid groups (broad SMARTS) is 1. The highest BCUT2D eigenvalue weighted by Gasteiger charge is 2.39. The second kappa shape index (κ2) is 15.1. The van der Waals surface area contributed by atoms with Crippen molar-refractivity contribution in [2.24, 2.45) is 17.4 Å². The van der Waals surface area contributed by atoms with Gasteiger partial charge in [-0.25, -0.2) is 4.79 Å². The van der Waals surface area contributed by atoms with E-state index in [9.17, 15) is 24.3 Å². The van der Waals surface area contributed by atoms with Crippen LogP contribution in [0.2, 0.25) is 0 Å². The van der Waals surface area contributed by atoms with E-state index in [0.717, 1.165) is 5.75 Å². The number of nitrogens with two attached hydrogens (primary N) is 2. The molecule has 0 aromatic carbocycles. The van der Waals surface area contributed by atoms with Gasteiger partial charge in [-0.05, 0) is 69.4 Å². The summed E-state index contributed by atoms with van der Waals surface area (Å²) in [5.41, 5.74) is 11.5. The molecule has 0 aromatic rings. The maximum Gasteiger partial charge on any atom is 0.326 e. The molecule has 1 heterocycles. The Balaban J connectivity index is 2.91. The van der Waals surface area contributed by atoms with E-state index in [-0.39, 0.29) is 11.8 Å². The number of hydrogen-bond donors (Lipinski definition) is 5. The number of thioether (sulfide) groups is 1. The third kappa shape index (κ3) is 9.89. The topological polar surface area (TPSA) is 168 Å². The number of carbonyl (C=O) groups excluding carboxylic acids is 3. The van der Waals surface area contributed by atoms with Crippen molar-refractivity contribution in [2.75, 3.05) is 25.1 Å². The van der Waals surface area contributed by atoms with Gasteiger partial charge >= 0.3 is 5.97 Å². The molecule has 0 saturated carbocycles. The van der Waals surface area contributed by atoms with Gasteiger partial charge in [0.15, 0.2) is 0 Å². The van der Waals surface area contributed by atoms with Gasteiger partial charge in [-0.3, -0.25) is 14.4 Å². The summed E-state index contributed by atoms with van der Waals surface area (Å²) in [5.74, 6) is -1.48. The molecule has 4 unspecified atom stereocenters. The number of rotatable bonds is 15. The van der Waals surface area contributed by atoms with Gasteiger partial charge in [-0.15, -0.1) is 0 Å². The SMILES string of the molecule is CSCCC(N)C(=O)NC(CCCCN)C(=O)N1CCCC1C(=O)NC(CC(C)C)C(=O)O. The first-order valence-corrected chi connectivity index (χ1v) is 13.1. The van der Waals surface area contributed by atoms with Gasteiger partial charge in [0, 0.05) is 6.54 Å². The lowest BCUT2D eigenvalue weighted by Gasteiger charge is -2.30. The first-order valence-electron chi connectivity index (χ1n) is 11.7. The van der Waals surface area contributed by atoms with Crippen LogP contribution in [-0.2, 0) is 19.2 Å². The van der Waals surface area contributed by atoms with Crippen LogP contribution in [0.3, 0.4) is 0 Å². The molecule has 0 radical (unpaired) electrons. The molecule has 0 spiro atoms. The Morgan fingerprint density at radius 2 is 1.82 bits per heavy atom. The van der Waals surface area contributed by atoms with Crippen LogP contribution in [0.1, 0.15) is 58.8 Å². The van der Waals surface area contributed by atoms with Crippen LogP contribution in [0.5, 0.6) is 0 Å². The van der Waals surface area contributed by atoms with Gasteiger partial charge in [0.05, 0.1) is 6.04 Å². The number of nitrogens with one attached hydrogen (secondary N) is 2. The van der Waals surface area contributed by atoms with E-state index in [4.69, 9.17) is 11.5 Å². The van der Waals surface area contributed by atoms with Crippen LogP contribution < -0.4 is 22.1 Å². The highest BCUT2D eigenvalue weighted by molar-refractivity contribution is 7.98. The van der Waals surface area contributed by atoms with Crippen molar-refractivity contribution >= 4 is 35.5 Å². The maximum atomic E-state index is 13.4. The van der Waals surface area contributed by atoms with Gasteiger partial charge in [0.25, 0.3) is 0 Å². The van der Waals surface area contributed by atoms with Crippen LogP contribution in [0.25, 0.3) is 0 Å². The number of aliphatic carboxylic acids is 1. The average molecular weight is 488 g/mol. The summed E-state index contributed by atoms with van der Waals surface area (Å²) >= 11 is 1.59. The Morgan fingerprint density at radius 3 is 2.39 bits per heavy atom. The van der Waals surface area contributed by atoms with Crippen LogP contribution in [0, 0.1) is 5.92 Å². The normalized spacial score (nSPS) is 18.6. The molecule has 1 aliphatic rings. The third-order valence-electron chi connectivity index (χ3n) is 5.69. The van der Waals surface area contributed by atoms with E-state index in [2.05, 4.69) is 10.6 Å². The van der Waals surface area contributed by atoms with E-state index in [1.54, 1.807) is 11.8 Å². The fraction of sp³-hybridized carbons (Fsp3) is 0.818. The maximum absolute atomic E-state index is 13.4. The standard InChI is InChI=1S/C22H41N5O5S/c1-14(2)13-17(22(31)32)26-20(29)18-8-6-11-27(18)21(30)16(7-4-5-10-23)25-19(28)15(24)9-12-33-3/h14-18H,4-13,23-24H2,1-3H3,(H,25,28)(H,26,29)(H,31,32). The van der Waals surface area contributed by atoms with E-state index >= 15 is 0 Å². The van der Waals surface area contributed by atoms with Crippen LogP contribution >= 0.6 is 11.8 Å². The molecular weight excluding hydrogens is 446 g/mol. The number of carbonyl (C=O) groups is 4. The van der Waals surface area contributed by atoms with E-state index in [1.807, 2.05) is 20.1 Å². The molecule has 0 bridgehead atoms. The molecule has 1 fully saturated rings. The summed E-state index contributed by atoms with van der Waals surface area (Å²) < 4.78 is 0. The summed E-state index contributed by atoms with van der Waals surface area (Å²) in [4.78, 5) is 51.8. The highest BCUT2D eigenvalue weighted by atomic mass is 32.2. The van der Waals surface area contributed by atoms with Crippen molar-refractivity contribution < 1.29 is 24.3 Å². The van der Waals surface area contributed by atoms with Crippen molar-refractivity contribution in [3.8, 4) is 0 Å². The number of likely N-dealkylation sites (tertiary alicyclic amines) is 1. The number of nitrogens with zero attached hydrogens (tertiary/aromatic N) is 1. The smallest absolute Gasteiger partial charge is 0.326 e. The molecule has 1 aliphatic heterocycles. The Morgan fingerprint density at radius 1 is 1.12 bits per heavy atom. The number of amides is 3. The summed E-state index contributed by atoms with van der Waals surface area (Å²) in [6.07, 6.45) is 5.55. The number of hydrogen-bond acceptors (Lipinski definition) is 7. The molecular formula is C22H41N5O5S. The Bertz CT molecular complexity index is 663. The molecule has 7 N–H and O–H groups in total. The molecule has 10 nitrogen and oxygen atoms in total. The molecule has 0 aromatic heterocycles. The lowest BCUT2D eigenvalue weighted by Crippen LogP contribution is -2.56. The van der Waals surface area contributed by atoms with E-state index in [0.29, 0.717) is 58.0 Å². The fourth-order valence-corrected chi connectivity index (χ4v) is 4.36. The molecule has 1 rings (SSSR count). The zero-order valence-corrected chi connectivity index (χ0v) is 20.9. The van der Waals surface area contributed by atoms with Crippen LogP contribution in [0.15, 0.2) is 0 Å². The highest BCUT2D eigenvalue weighted by Crippen LogP contribution is 2.21. The van der Waals surface area contributed by atoms with Gasteiger partial charge in [-0.1, -0.05) is 13.8 Å². The van der Waals surface area contributed by atoms with Crippen molar-refractivity contribution in [1.29, 1.82) is 0 Å². The molecule has 0 aliphatic carbocycles.